The van der Waals surface area contributed by atoms with Gasteiger partial charge in [0.2, 0.25) is 10.0 Å². The Kier molecular flexibility index (Phi) is 7.31. The number of ether oxygens (including phenoxy) is 1. The second-order valence-electron chi connectivity index (χ2n) is 4.16. The van der Waals surface area contributed by atoms with Crippen LogP contribution in [0, 0.1) is 0 Å². The van der Waals surface area contributed by atoms with Crippen molar-refractivity contribution in [2.24, 2.45) is 0 Å². The maximum absolute atomic E-state index is 11.7. The molecule has 0 amide bonds. The Morgan fingerprint density at radius 3 is 2.80 bits per heavy atom. The summed E-state index contributed by atoms with van der Waals surface area (Å²) < 4.78 is 30.5. The van der Waals surface area contributed by atoms with Gasteiger partial charge >= 0.3 is 0 Å². The van der Waals surface area contributed by atoms with Crippen LogP contribution < -0.4 is 10.5 Å². The van der Waals surface area contributed by atoms with Crippen molar-refractivity contribution in [2.45, 2.75) is 11.0 Å². The Bertz CT molecular complexity index is 508. The number of sulfonamides is 1. The number of nitrogen functional groups attached to an aromatic ring is 1. The lowest BCUT2D eigenvalue weighted by molar-refractivity contribution is 0.0679. The molecule has 0 fully saturated rings. The first-order valence-electron chi connectivity index (χ1n) is 6.06. The van der Waals surface area contributed by atoms with Crippen LogP contribution in [-0.2, 0) is 14.8 Å². The second-order valence-corrected chi connectivity index (χ2v) is 7.23. The number of thioether (sulfide) groups is 1. The highest BCUT2D eigenvalue weighted by Gasteiger charge is 2.13. The number of methoxy groups -OCH3 is 1. The molecule has 0 aliphatic rings. The molecule has 0 aliphatic carbocycles. The molecule has 0 heterocycles. The number of aliphatic hydroxyl groups excluding tert-OH is 1. The van der Waals surface area contributed by atoms with Gasteiger partial charge in [-0.3, -0.25) is 0 Å². The van der Waals surface area contributed by atoms with E-state index in [4.69, 9.17) is 10.5 Å². The average Bonchev–Trinajstić information content (AvgIpc) is 2.39. The third kappa shape index (κ3) is 6.58. The van der Waals surface area contributed by atoms with Crippen LogP contribution in [0.25, 0.3) is 0 Å². The number of hydrogen-bond acceptors (Lipinski definition) is 6. The molecule has 6 nitrogen and oxygen atoms in total. The first-order chi connectivity index (χ1) is 9.44. The number of para-hydroxylation sites is 1. The molecule has 1 aromatic carbocycles. The summed E-state index contributed by atoms with van der Waals surface area (Å²) in [5, 5.41) is 9.38. The van der Waals surface area contributed by atoms with Crippen molar-refractivity contribution < 1.29 is 18.3 Å². The van der Waals surface area contributed by atoms with Crippen molar-refractivity contribution in [2.75, 3.05) is 37.5 Å². The van der Waals surface area contributed by atoms with E-state index in [9.17, 15) is 13.5 Å². The van der Waals surface area contributed by atoms with E-state index in [0.29, 0.717) is 11.4 Å². The van der Waals surface area contributed by atoms with Gasteiger partial charge in [-0.15, -0.1) is 11.8 Å². The fourth-order valence-electron chi connectivity index (χ4n) is 1.42. The maximum atomic E-state index is 11.7. The zero-order valence-corrected chi connectivity index (χ0v) is 12.9. The van der Waals surface area contributed by atoms with Crippen LogP contribution in [0.1, 0.15) is 0 Å². The molecule has 8 heteroatoms. The normalized spacial score (nSPS) is 13.3. The van der Waals surface area contributed by atoms with E-state index in [2.05, 4.69) is 4.72 Å². The van der Waals surface area contributed by atoms with E-state index in [1.165, 1.54) is 18.9 Å². The van der Waals surface area contributed by atoms with Crippen LogP contribution in [0.15, 0.2) is 29.2 Å². The third-order valence-corrected chi connectivity index (χ3v) is 5.12. The minimum atomic E-state index is -3.41. The van der Waals surface area contributed by atoms with Gasteiger partial charge in [-0.1, -0.05) is 12.1 Å². The van der Waals surface area contributed by atoms with Gasteiger partial charge in [0.05, 0.1) is 18.5 Å². The van der Waals surface area contributed by atoms with Gasteiger partial charge in [-0.05, 0) is 12.1 Å². The summed E-state index contributed by atoms with van der Waals surface area (Å²) in [4.78, 5) is 0.863. The number of rotatable bonds is 9. The Labute approximate surface area is 123 Å². The van der Waals surface area contributed by atoms with Crippen molar-refractivity contribution in [1.29, 1.82) is 0 Å². The van der Waals surface area contributed by atoms with Gasteiger partial charge in [-0.2, -0.15) is 0 Å². The van der Waals surface area contributed by atoms with Gasteiger partial charge in [0, 0.05) is 30.0 Å². The zero-order chi connectivity index (χ0) is 15.0. The molecule has 1 aromatic rings. The van der Waals surface area contributed by atoms with Crippen molar-refractivity contribution in [3.05, 3.63) is 24.3 Å². The minimum Gasteiger partial charge on any atom is -0.398 e. The molecule has 0 bridgehead atoms. The highest BCUT2D eigenvalue weighted by molar-refractivity contribution is 8.00. The Morgan fingerprint density at radius 2 is 2.15 bits per heavy atom. The highest BCUT2D eigenvalue weighted by Crippen LogP contribution is 2.24. The van der Waals surface area contributed by atoms with Gasteiger partial charge in [-0.25, -0.2) is 13.1 Å². The number of nitrogens with one attached hydrogen (secondary N) is 1. The van der Waals surface area contributed by atoms with E-state index in [0.717, 1.165) is 4.90 Å². The molecule has 1 atom stereocenters. The van der Waals surface area contributed by atoms with Gasteiger partial charge in [0.1, 0.15) is 0 Å². The van der Waals surface area contributed by atoms with Crippen LogP contribution in [0.3, 0.4) is 0 Å². The number of aliphatic hydroxyl groups is 1. The summed E-state index contributed by atoms with van der Waals surface area (Å²) in [6.07, 6.45) is -0.841. The van der Waals surface area contributed by atoms with Crippen LogP contribution in [-0.4, -0.2) is 51.4 Å². The predicted molar refractivity (Wildman–Crippen MR) is 81.3 cm³/mol. The van der Waals surface area contributed by atoms with Crippen LogP contribution >= 0.6 is 11.8 Å². The van der Waals surface area contributed by atoms with Gasteiger partial charge in [0.25, 0.3) is 0 Å². The minimum absolute atomic E-state index is 0.0360. The molecule has 0 radical (unpaired) electrons. The summed E-state index contributed by atoms with van der Waals surface area (Å²) in [5.41, 5.74) is 6.41. The summed E-state index contributed by atoms with van der Waals surface area (Å²) in [7, 11) is -1.96. The molecule has 1 rings (SSSR count). The Hall–Kier alpha value is -0.800. The first kappa shape index (κ1) is 17.3. The van der Waals surface area contributed by atoms with E-state index < -0.39 is 16.1 Å². The average molecular weight is 320 g/mol. The number of nitrogens with two attached hydrogens (primary N) is 1. The van der Waals surface area contributed by atoms with Crippen molar-refractivity contribution >= 4 is 27.5 Å². The predicted octanol–water partition coefficient (Wildman–Crippen LogP) is 0.288. The molecule has 0 aromatic heterocycles. The number of anilines is 1. The second kappa shape index (κ2) is 8.48. The van der Waals surface area contributed by atoms with E-state index in [-0.39, 0.29) is 18.9 Å². The molecular weight excluding hydrogens is 300 g/mol. The summed E-state index contributed by atoms with van der Waals surface area (Å²) >= 11 is 1.39. The Morgan fingerprint density at radius 1 is 1.45 bits per heavy atom. The molecule has 114 valence electrons. The highest BCUT2D eigenvalue weighted by atomic mass is 32.2. The molecule has 1 unspecified atom stereocenters. The Balaban J connectivity index is 2.35. The molecular formula is C12H20N2O4S2. The summed E-state index contributed by atoms with van der Waals surface area (Å²) in [6, 6.07) is 7.31. The molecule has 0 aliphatic heterocycles. The van der Waals surface area contributed by atoms with E-state index in [1.54, 1.807) is 6.07 Å². The van der Waals surface area contributed by atoms with Gasteiger partial charge < -0.3 is 15.6 Å². The third-order valence-electron chi connectivity index (χ3n) is 2.43. The van der Waals surface area contributed by atoms with Crippen LogP contribution in [0.5, 0.6) is 0 Å². The van der Waals surface area contributed by atoms with Crippen molar-refractivity contribution in [1.82, 2.24) is 4.72 Å². The molecule has 0 saturated heterocycles. The standard InChI is InChI=1S/C12H20N2O4S2/c1-18-9-10(15)8-14-20(16,17)7-6-19-12-5-3-2-4-11(12)13/h2-5,10,14-15H,6-9,13H2,1H3. The lowest BCUT2D eigenvalue weighted by Gasteiger charge is -2.11. The van der Waals surface area contributed by atoms with E-state index >= 15 is 0 Å². The monoisotopic (exact) mass is 320 g/mol. The van der Waals surface area contributed by atoms with Crippen LogP contribution in [0.2, 0.25) is 0 Å². The fraction of sp³-hybridized carbons (Fsp3) is 0.500. The lowest BCUT2D eigenvalue weighted by atomic mass is 10.3. The largest absolute Gasteiger partial charge is 0.398 e. The van der Waals surface area contributed by atoms with E-state index in [1.807, 2.05) is 18.2 Å². The fourth-order valence-corrected chi connectivity index (χ4v) is 3.85. The maximum Gasteiger partial charge on any atom is 0.212 e. The molecule has 0 spiro atoms. The zero-order valence-electron chi connectivity index (χ0n) is 11.3. The smallest absolute Gasteiger partial charge is 0.212 e. The summed E-state index contributed by atoms with van der Waals surface area (Å²) in [5.74, 6) is 0.357. The quantitative estimate of drug-likeness (QED) is 0.446. The molecule has 4 N–H and O–H groups in total. The van der Waals surface area contributed by atoms with Gasteiger partial charge in [0.15, 0.2) is 0 Å². The van der Waals surface area contributed by atoms with Crippen molar-refractivity contribution in [3.63, 3.8) is 0 Å². The van der Waals surface area contributed by atoms with Crippen LogP contribution in [0.4, 0.5) is 5.69 Å². The molecule has 20 heavy (non-hydrogen) atoms. The SMILES string of the molecule is COCC(O)CNS(=O)(=O)CCSc1ccccc1N. The molecule has 0 saturated carbocycles. The topological polar surface area (TPSA) is 102 Å². The first-order valence-corrected chi connectivity index (χ1v) is 8.70. The number of hydrogen-bond donors (Lipinski definition) is 3. The lowest BCUT2D eigenvalue weighted by Crippen LogP contribution is -2.36. The summed E-state index contributed by atoms with van der Waals surface area (Å²) in [6.45, 7) is 0.0478. The van der Waals surface area contributed by atoms with Crippen molar-refractivity contribution in [3.8, 4) is 0 Å². The number of benzene rings is 1.